The van der Waals surface area contributed by atoms with Crippen LogP contribution in [-0.2, 0) is 9.47 Å². The Hall–Kier alpha value is -0.840. The molecule has 0 aromatic rings. The van der Waals surface area contributed by atoms with E-state index in [4.69, 9.17) is 21.7 Å². The molecule has 1 amide bonds. The molecule has 15 heavy (non-hydrogen) atoms. The number of thiocarbonyl (C=S) groups is 1. The van der Waals surface area contributed by atoms with Crippen LogP contribution in [0.1, 0.15) is 34.6 Å². The van der Waals surface area contributed by atoms with E-state index in [0.29, 0.717) is 11.7 Å². The molecule has 0 unspecified atom stereocenters. The lowest BCUT2D eigenvalue weighted by atomic mass is 10.2. The number of carbonyl (C=O) groups excluding carboxylic acids is 1. The summed E-state index contributed by atoms with van der Waals surface area (Å²) in [6, 6.07) is -0.127. The van der Waals surface area contributed by atoms with Crippen molar-refractivity contribution in [3.63, 3.8) is 0 Å². The summed E-state index contributed by atoms with van der Waals surface area (Å²) in [6.07, 6.45) is -0.444. The highest BCUT2D eigenvalue weighted by molar-refractivity contribution is 7.80. The van der Waals surface area contributed by atoms with Gasteiger partial charge in [0, 0.05) is 6.92 Å². The van der Waals surface area contributed by atoms with E-state index in [1.165, 1.54) is 0 Å². The van der Waals surface area contributed by atoms with Crippen molar-refractivity contribution in [2.45, 2.75) is 46.3 Å². The summed E-state index contributed by atoms with van der Waals surface area (Å²) in [5.41, 5.74) is -0.481. The van der Waals surface area contributed by atoms with Gasteiger partial charge in [-0.25, -0.2) is 4.79 Å². The molecule has 88 valence electrons. The average Bonchev–Trinajstić information content (AvgIpc) is 1.96. The van der Waals surface area contributed by atoms with Crippen molar-refractivity contribution < 1.29 is 14.3 Å². The van der Waals surface area contributed by atoms with Gasteiger partial charge in [-0.1, -0.05) is 0 Å². The second-order valence-electron chi connectivity index (χ2n) is 4.35. The quantitative estimate of drug-likeness (QED) is 0.760. The number of amides is 1. The van der Waals surface area contributed by atoms with Crippen LogP contribution in [0.5, 0.6) is 0 Å². The minimum atomic E-state index is -0.481. The first-order chi connectivity index (χ1) is 6.70. The summed E-state index contributed by atoms with van der Waals surface area (Å²) in [5, 5.41) is 3.11. The zero-order chi connectivity index (χ0) is 12.1. The van der Waals surface area contributed by atoms with E-state index in [-0.39, 0.29) is 6.04 Å². The molecule has 0 spiro atoms. The zero-order valence-corrected chi connectivity index (χ0v) is 10.7. The van der Waals surface area contributed by atoms with Crippen LogP contribution in [0.15, 0.2) is 0 Å². The molecule has 0 aromatic carbocycles. The van der Waals surface area contributed by atoms with Crippen molar-refractivity contribution in [1.29, 1.82) is 0 Å². The summed E-state index contributed by atoms with van der Waals surface area (Å²) in [6.45, 7) is 9.31. The number of carbonyl (C=O) groups is 1. The molecule has 5 heteroatoms. The van der Waals surface area contributed by atoms with Crippen molar-refractivity contribution in [1.82, 2.24) is 5.32 Å². The molecule has 0 rings (SSSR count). The Morgan fingerprint density at radius 2 is 2.00 bits per heavy atom. The Bertz CT molecular complexity index is 235. The molecular weight excluding hydrogens is 214 g/mol. The van der Waals surface area contributed by atoms with Crippen LogP contribution in [0.4, 0.5) is 4.79 Å². The lowest BCUT2D eigenvalue weighted by Crippen LogP contribution is -2.40. The van der Waals surface area contributed by atoms with Crippen LogP contribution in [0, 0.1) is 0 Å². The molecule has 0 saturated carbocycles. The summed E-state index contributed by atoms with van der Waals surface area (Å²) >= 11 is 4.75. The van der Waals surface area contributed by atoms with Gasteiger partial charge in [-0.05, 0) is 39.9 Å². The highest BCUT2D eigenvalue weighted by Crippen LogP contribution is 2.06. The van der Waals surface area contributed by atoms with Gasteiger partial charge in [0.1, 0.15) is 12.2 Å². The monoisotopic (exact) mass is 233 g/mol. The number of rotatable bonds is 3. The number of hydrogen-bond donors (Lipinski definition) is 1. The van der Waals surface area contributed by atoms with Crippen LogP contribution >= 0.6 is 12.2 Å². The summed E-state index contributed by atoms with van der Waals surface area (Å²) in [5.74, 6) is 0. The van der Waals surface area contributed by atoms with E-state index >= 15 is 0 Å². The fourth-order valence-corrected chi connectivity index (χ4v) is 0.861. The number of nitrogens with one attached hydrogen (secondary N) is 1. The molecule has 0 aliphatic carbocycles. The predicted molar refractivity (Wildman–Crippen MR) is 63.1 cm³/mol. The number of ether oxygens (including phenoxy) is 2. The van der Waals surface area contributed by atoms with Crippen molar-refractivity contribution in [2.75, 3.05) is 6.61 Å². The number of hydrogen-bond acceptors (Lipinski definition) is 4. The maximum Gasteiger partial charge on any atom is 0.407 e. The third-order valence-corrected chi connectivity index (χ3v) is 1.42. The highest BCUT2D eigenvalue weighted by atomic mass is 32.1. The molecule has 4 nitrogen and oxygen atoms in total. The smallest absolute Gasteiger partial charge is 0.407 e. The Balaban J connectivity index is 3.81. The van der Waals surface area contributed by atoms with Gasteiger partial charge >= 0.3 is 6.09 Å². The van der Waals surface area contributed by atoms with Crippen LogP contribution in [0.3, 0.4) is 0 Å². The Morgan fingerprint density at radius 1 is 1.47 bits per heavy atom. The molecule has 1 N–H and O–H groups in total. The summed E-state index contributed by atoms with van der Waals surface area (Å²) in [4.78, 5) is 11.3. The van der Waals surface area contributed by atoms with E-state index in [9.17, 15) is 4.79 Å². The van der Waals surface area contributed by atoms with Crippen LogP contribution in [-0.4, -0.2) is 29.4 Å². The van der Waals surface area contributed by atoms with Gasteiger partial charge in [-0.15, -0.1) is 0 Å². The van der Waals surface area contributed by atoms with E-state index in [1.807, 2.05) is 27.7 Å². The first-order valence-electron chi connectivity index (χ1n) is 4.83. The van der Waals surface area contributed by atoms with Gasteiger partial charge in [0.25, 0.3) is 0 Å². The lowest BCUT2D eigenvalue weighted by Gasteiger charge is -2.21. The van der Waals surface area contributed by atoms with Crippen LogP contribution in [0.25, 0.3) is 0 Å². The number of alkyl carbamates (subject to hydrolysis) is 1. The fourth-order valence-electron chi connectivity index (χ4n) is 0.793. The normalized spacial score (nSPS) is 12.9. The zero-order valence-electron chi connectivity index (χ0n) is 9.92. The van der Waals surface area contributed by atoms with Gasteiger partial charge < -0.3 is 14.8 Å². The van der Waals surface area contributed by atoms with Crippen LogP contribution < -0.4 is 5.32 Å². The molecule has 1 atom stereocenters. The molecule has 0 aliphatic heterocycles. The second kappa shape index (κ2) is 5.90. The summed E-state index contributed by atoms with van der Waals surface area (Å²) in [7, 11) is 0. The second-order valence-corrected chi connectivity index (χ2v) is 4.92. The molecule has 0 heterocycles. The molecular formula is C10H19NO3S. The van der Waals surface area contributed by atoms with E-state index in [1.54, 1.807) is 6.92 Å². The first-order valence-corrected chi connectivity index (χ1v) is 5.24. The SMILES string of the molecule is CC(=S)OC[C@H](C)NC(=O)OC(C)(C)C. The van der Waals surface area contributed by atoms with Gasteiger partial charge in [0.05, 0.1) is 6.04 Å². The van der Waals surface area contributed by atoms with Crippen molar-refractivity contribution in [3.8, 4) is 0 Å². The first kappa shape index (κ1) is 14.2. The molecule has 0 fully saturated rings. The van der Waals surface area contributed by atoms with E-state index in [2.05, 4.69) is 5.32 Å². The van der Waals surface area contributed by atoms with Crippen LogP contribution in [0.2, 0.25) is 0 Å². The maximum absolute atomic E-state index is 11.3. The Labute approximate surface area is 96.3 Å². The summed E-state index contributed by atoms with van der Waals surface area (Å²) < 4.78 is 10.2. The largest absolute Gasteiger partial charge is 0.485 e. The highest BCUT2D eigenvalue weighted by Gasteiger charge is 2.17. The third kappa shape index (κ3) is 9.46. The van der Waals surface area contributed by atoms with Crippen molar-refractivity contribution in [3.05, 3.63) is 0 Å². The van der Waals surface area contributed by atoms with E-state index in [0.717, 1.165) is 0 Å². The molecule has 0 saturated heterocycles. The maximum atomic E-state index is 11.3. The average molecular weight is 233 g/mol. The Kier molecular flexibility index (Phi) is 5.57. The molecule has 0 aromatic heterocycles. The topological polar surface area (TPSA) is 47.6 Å². The minimum absolute atomic E-state index is 0.127. The van der Waals surface area contributed by atoms with Gasteiger partial charge in [0.15, 0.2) is 5.05 Å². The molecule has 0 aliphatic rings. The van der Waals surface area contributed by atoms with Gasteiger partial charge in [-0.3, -0.25) is 0 Å². The fraction of sp³-hybridized carbons (Fsp3) is 0.800. The molecule has 0 radical (unpaired) electrons. The lowest BCUT2D eigenvalue weighted by molar-refractivity contribution is 0.0492. The third-order valence-electron chi connectivity index (χ3n) is 1.30. The predicted octanol–water partition coefficient (Wildman–Crippen LogP) is 2.26. The van der Waals surface area contributed by atoms with Gasteiger partial charge in [0.2, 0.25) is 0 Å². The van der Waals surface area contributed by atoms with Crippen molar-refractivity contribution in [2.24, 2.45) is 0 Å². The van der Waals surface area contributed by atoms with E-state index < -0.39 is 11.7 Å². The molecule has 0 bridgehead atoms. The standard InChI is InChI=1S/C10H19NO3S/c1-7(6-13-8(2)15)11-9(12)14-10(3,4)5/h7H,6H2,1-5H3,(H,11,12)/t7-/m0/s1. The minimum Gasteiger partial charge on any atom is -0.485 e. The van der Waals surface area contributed by atoms with Gasteiger partial charge in [-0.2, -0.15) is 0 Å². The van der Waals surface area contributed by atoms with Crippen molar-refractivity contribution >= 4 is 23.4 Å². The Morgan fingerprint density at radius 3 is 2.40 bits per heavy atom.